The Bertz CT molecular complexity index is 1140. The number of hydrogen-bond donors (Lipinski definition) is 1. The van der Waals surface area contributed by atoms with Crippen molar-refractivity contribution < 1.29 is 22.7 Å². The lowest BCUT2D eigenvalue weighted by Crippen LogP contribution is -2.53. The van der Waals surface area contributed by atoms with Crippen molar-refractivity contribution in [3.05, 3.63) is 59.7 Å². The predicted molar refractivity (Wildman–Crippen MR) is 144 cm³/mol. The molecule has 2 aromatic rings. The van der Waals surface area contributed by atoms with Gasteiger partial charge in [0.25, 0.3) is 0 Å². The van der Waals surface area contributed by atoms with E-state index in [9.17, 15) is 18.0 Å². The molecule has 0 aromatic heterocycles. The maximum atomic E-state index is 13.8. The maximum absolute atomic E-state index is 13.8. The first kappa shape index (κ1) is 29.2. The highest BCUT2D eigenvalue weighted by molar-refractivity contribution is 7.92. The number of benzene rings is 2. The van der Waals surface area contributed by atoms with Gasteiger partial charge in [-0.25, -0.2) is 8.42 Å². The SMILES string of the molecule is CCOc1ccccc1N(CC(=O)N(Cc1cccc(C)c1)[C@H](CC)C(=O)N[C@H](C)CC)S(C)(=O)=O. The minimum Gasteiger partial charge on any atom is -0.492 e. The number of para-hydroxylation sites is 2. The zero-order valence-corrected chi connectivity index (χ0v) is 23.0. The van der Waals surface area contributed by atoms with Crippen LogP contribution in [0, 0.1) is 6.92 Å². The Balaban J connectivity index is 2.49. The highest BCUT2D eigenvalue weighted by atomic mass is 32.2. The van der Waals surface area contributed by atoms with Crippen molar-refractivity contribution in [2.24, 2.45) is 0 Å². The van der Waals surface area contributed by atoms with E-state index in [1.54, 1.807) is 31.2 Å². The Morgan fingerprint density at radius 1 is 1.03 bits per heavy atom. The quantitative estimate of drug-likeness (QED) is 0.435. The van der Waals surface area contributed by atoms with Crippen molar-refractivity contribution in [3.8, 4) is 5.75 Å². The van der Waals surface area contributed by atoms with Crippen molar-refractivity contribution in [3.63, 3.8) is 0 Å². The van der Waals surface area contributed by atoms with Crippen LogP contribution in [0.15, 0.2) is 48.5 Å². The van der Waals surface area contributed by atoms with Gasteiger partial charge >= 0.3 is 0 Å². The highest BCUT2D eigenvalue weighted by Crippen LogP contribution is 2.30. The molecule has 198 valence electrons. The van der Waals surface area contributed by atoms with E-state index in [-0.39, 0.29) is 24.2 Å². The monoisotopic (exact) mass is 517 g/mol. The molecule has 0 saturated carbocycles. The third kappa shape index (κ3) is 7.98. The number of nitrogens with one attached hydrogen (secondary N) is 1. The molecular weight excluding hydrogens is 478 g/mol. The Hall–Kier alpha value is -3.07. The number of sulfonamides is 1. The van der Waals surface area contributed by atoms with Crippen LogP contribution in [-0.2, 0) is 26.2 Å². The van der Waals surface area contributed by atoms with E-state index in [1.165, 1.54) is 4.90 Å². The third-order valence-electron chi connectivity index (χ3n) is 5.94. The lowest BCUT2D eigenvalue weighted by Gasteiger charge is -2.33. The Labute approximate surface area is 215 Å². The van der Waals surface area contributed by atoms with Gasteiger partial charge in [-0.15, -0.1) is 0 Å². The van der Waals surface area contributed by atoms with Crippen LogP contribution in [0.25, 0.3) is 0 Å². The number of rotatable bonds is 13. The summed E-state index contributed by atoms with van der Waals surface area (Å²) in [4.78, 5) is 28.5. The molecule has 0 heterocycles. The number of amides is 2. The lowest BCUT2D eigenvalue weighted by atomic mass is 10.1. The normalized spacial score (nSPS) is 12.9. The summed E-state index contributed by atoms with van der Waals surface area (Å²) in [6.45, 7) is 9.55. The van der Waals surface area contributed by atoms with E-state index in [4.69, 9.17) is 4.74 Å². The average Bonchev–Trinajstić information content (AvgIpc) is 2.82. The summed E-state index contributed by atoms with van der Waals surface area (Å²) >= 11 is 0. The molecule has 0 radical (unpaired) electrons. The van der Waals surface area contributed by atoms with Gasteiger partial charge in [-0.3, -0.25) is 13.9 Å². The van der Waals surface area contributed by atoms with Gasteiger partial charge in [-0.05, 0) is 51.3 Å². The first-order valence-electron chi connectivity index (χ1n) is 12.4. The van der Waals surface area contributed by atoms with E-state index in [0.717, 1.165) is 28.1 Å². The average molecular weight is 518 g/mol. The summed E-state index contributed by atoms with van der Waals surface area (Å²) in [6, 6.07) is 13.6. The van der Waals surface area contributed by atoms with Crippen LogP contribution in [0.4, 0.5) is 5.69 Å². The smallest absolute Gasteiger partial charge is 0.244 e. The Kier molecular flexibility index (Phi) is 10.8. The maximum Gasteiger partial charge on any atom is 0.244 e. The van der Waals surface area contributed by atoms with Gasteiger partial charge in [0, 0.05) is 12.6 Å². The molecule has 0 aliphatic heterocycles. The van der Waals surface area contributed by atoms with Gasteiger partial charge in [0.1, 0.15) is 18.3 Å². The molecule has 2 amide bonds. The molecule has 2 rings (SSSR count). The molecule has 0 unspecified atom stereocenters. The van der Waals surface area contributed by atoms with E-state index in [1.807, 2.05) is 52.0 Å². The zero-order valence-electron chi connectivity index (χ0n) is 22.2. The van der Waals surface area contributed by atoms with Crippen molar-refractivity contribution >= 4 is 27.5 Å². The zero-order chi connectivity index (χ0) is 26.9. The molecule has 2 aromatic carbocycles. The summed E-state index contributed by atoms with van der Waals surface area (Å²) in [5, 5.41) is 2.97. The van der Waals surface area contributed by atoms with E-state index < -0.39 is 28.5 Å². The summed E-state index contributed by atoms with van der Waals surface area (Å²) in [5.41, 5.74) is 2.17. The van der Waals surface area contributed by atoms with Crippen molar-refractivity contribution in [2.75, 3.05) is 23.7 Å². The first-order chi connectivity index (χ1) is 17.0. The molecule has 0 aliphatic rings. The van der Waals surface area contributed by atoms with E-state index in [0.29, 0.717) is 18.8 Å². The molecule has 0 fully saturated rings. The molecule has 0 aliphatic carbocycles. The van der Waals surface area contributed by atoms with Gasteiger partial charge in [-0.2, -0.15) is 0 Å². The van der Waals surface area contributed by atoms with Crippen LogP contribution in [0.3, 0.4) is 0 Å². The summed E-state index contributed by atoms with van der Waals surface area (Å²) in [7, 11) is -3.84. The van der Waals surface area contributed by atoms with Crippen LogP contribution in [0.5, 0.6) is 5.75 Å². The van der Waals surface area contributed by atoms with Crippen molar-refractivity contribution in [1.82, 2.24) is 10.2 Å². The van der Waals surface area contributed by atoms with Gasteiger partial charge < -0.3 is 15.0 Å². The standard InChI is InChI=1S/C27H39N3O5S/c1-7-21(5)28-27(32)23(8-2)29(18-22-14-12-13-20(4)17-22)26(31)19-30(36(6,33)34)24-15-10-11-16-25(24)35-9-3/h10-17,21,23H,7-9,18-19H2,1-6H3,(H,28,32)/t21-,23-/m1/s1. The predicted octanol–water partition coefficient (Wildman–Crippen LogP) is 3.88. The molecule has 0 spiro atoms. The van der Waals surface area contributed by atoms with Crippen LogP contribution in [0.2, 0.25) is 0 Å². The van der Waals surface area contributed by atoms with Crippen LogP contribution >= 0.6 is 0 Å². The molecule has 9 heteroatoms. The van der Waals surface area contributed by atoms with Crippen molar-refractivity contribution in [2.45, 2.75) is 66.1 Å². The van der Waals surface area contributed by atoms with Gasteiger partial charge in [0.2, 0.25) is 21.8 Å². The molecular formula is C27H39N3O5S. The minimum atomic E-state index is -3.84. The minimum absolute atomic E-state index is 0.0481. The summed E-state index contributed by atoms with van der Waals surface area (Å²) < 4.78 is 32.3. The largest absolute Gasteiger partial charge is 0.492 e. The van der Waals surface area contributed by atoms with Gasteiger partial charge in [0.15, 0.2) is 0 Å². The Morgan fingerprint density at radius 2 is 1.72 bits per heavy atom. The Morgan fingerprint density at radius 3 is 2.31 bits per heavy atom. The van der Waals surface area contributed by atoms with Crippen molar-refractivity contribution in [1.29, 1.82) is 0 Å². The summed E-state index contributed by atoms with van der Waals surface area (Å²) in [5.74, 6) is -0.363. The van der Waals surface area contributed by atoms with Gasteiger partial charge in [-0.1, -0.05) is 55.8 Å². The number of hydrogen-bond acceptors (Lipinski definition) is 5. The number of anilines is 1. The van der Waals surface area contributed by atoms with Crippen LogP contribution in [0.1, 0.15) is 51.7 Å². The molecule has 0 saturated heterocycles. The van der Waals surface area contributed by atoms with Crippen LogP contribution < -0.4 is 14.4 Å². The second-order valence-electron chi connectivity index (χ2n) is 8.92. The second kappa shape index (κ2) is 13.3. The lowest BCUT2D eigenvalue weighted by molar-refractivity contribution is -0.140. The van der Waals surface area contributed by atoms with Crippen LogP contribution in [-0.4, -0.2) is 56.6 Å². The third-order valence-corrected chi connectivity index (χ3v) is 7.06. The number of ether oxygens (including phenoxy) is 1. The molecule has 1 N–H and O–H groups in total. The van der Waals surface area contributed by atoms with Gasteiger partial charge in [0.05, 0.1) is 18.6 Å². The second-order valence-corrected chi connectivity index (χ2v) is 10.8. The molecule has 2 atom stereocenters. The fraction of sp³-hybridized carbons (Fsp3) is 0.481. The molecule has 0 bridgehead atoms. The fourth-order valence-corrected chi connectivity index (χ4v) is 4.76. The number of aryl methyl sites for hydroxylation is 1. The number of nitrogens with zero attached hydrogens (tertiary/aromatic N) is 2. The first-order valence-corrected chi connectivity index (χ1v) is 14.2. The number of carbonyl (C=O) groups excluding carboxylic acids is 2. The van der Waals surface area contributed by atoms with E-state index >= 15 is 0 Å². The topological polar surface area (TPSA) is 96.0 Å². The highest BCUT2D eigenvalue weighted by Gasteiger charge is 2.32. The van der Waals surface area contributed by atoms with E-state index in [2.05, 4.69) is 5.32 Å². The fourth-order valence-electron chi connectivity index (χ4n) is 3.90. The summed E-state index contributed by atoms with van der Waals surface area (Å²) in [6.07, 6.45) is 2.19. The molecule has 36 heavy (non-hydrogen) atoms. The number of carbonyl (C=O) groups is 2. The molecule has 8 nitrogen and oxygen atoms in total.